The molecule has 2 heteroatoms. The zero-order valence-corrected chi connectivity index (χ0v) is 48.8. The highest BCUT2D eigenvalue weighted by atomic mass is 14.8. The summed E-state index contributed by atoms with van der Waals surface area (Å²) in [4.78, 5) is 10.8. The van der Waals surface area contributed by atoms with E-state index in [1.165, 1.54) is 292 Å². The van der Waals surface area contributed by atoms with Crippen molar-refractivity contribution in [2.24, 2.45) is 9.98 Å². The number of hydrogen-bond acceptors (Lipinski definition) is 2. The monoisotopic (exact) mass is 989 g/mol. The quantitative estimate of drug-likeness (QED) is 0.0466. The standard InChI is InChI=1S/C70H120N2/c1-5-9-13-16-19-21-23-25-27-29-31-33-35-37-39-41-43-45-47-50-55-65-57-53-59-67(63-65)71-69(61-12-8-4)70(62-52-49-18-15-11-7-3)72-68-60-54-58-66(64-68)56-51-48-46-44-42-40-38-36-34-32-30-28-26-24-22-20-17-14-10-6-2/h50-51,53-60,63-64H,5-49,52,61-62H2,1-4H3. The van der Waals surface area contributed by atoms with Gasteiger partial charge in [-0.3, -0.25) is 9.98 Å². The number of allylic oxidation sites excluding steroid dienone is 2. The molecule has 0 saturated heterocycles. The second kappa shape index (κ2) is 51.7. The Morgan fingerprint density at radius 1 is 0.292 bits per heavy atom. The fourth-order valence-corrected chi connectivity index (χ4v) is 10.4. The van der Waals surface area contributed by atoms with Crippen molar-refractivity contribution >= 4 is 35.0 Å². The fourth-order valence-electron chi connectivity index (χ4n) is 10.4. The van der Waals surface area contributed by atoms with Crippen LogP contribution < -0.4 is 0 Å². The Balaban J connectivity index is 1.80. The summed E-state index contributed by atoms with van der Waals surface area (Å²) in [5.41, 5.74) is 7.01. The van der Waals surface area contributed by atoms with E-state index >= 15 is 0 Å². The van der Waals surface area contributed by atoms with Crippen molar-refractivity contribution in [2.45, 2.75) is 336 Å². The van der Waals surface area contributed by atoms with Crippen molar-refractivity contribution in [3.05, 3.63) is 71.8 Å². The van der Waals surface area contributed by atoms with Crippen molar-refractivity contribution in [3.8, 4) is 0 Å². The largest absolute Gasteiger partial charge is 0.252 e. The molecule has 0 spiro atoms. The number of rotatable bonds is 53. The maximum absolute atomic E-state index is 5.43. The maximum Gasteiger partial charge on any atom is 0.0639 e. The average molecular weight is 990 g/mol. The van der Waals surface area contributed by atoms with Crippen LogP contribution in [0.2, 0.25) is 0 Å². The Kier molecular flexibility index (Phi) is 47.0. The van der Waals surface area contributed by atoms with Gasteiger partial charge in [-0.25, -0.2) is 0 Å². The first-order valence-electron chi connectivity index (χ1n) is 32.4. The van der Waals surface area contributed by atoms with Crippen LogP contribution in [-0.4, -0.2) is 11.4 Å². The van der Waals surface area contributed by atoms with E-state index in [1.807, 2.05) is 0 Å². The number of aliphatic imine (C=N–C) groups is 2. The molecule has 0 saturated carbocycles. The third-order valence-corrected chi connectivity index (χ3v) is 15.2. The number of benzene rings is 2. The van der Waals surface area contributed by atoms with Gasteiger partial charge in [0.1, 0.15) is 0 Å². The van der Waals surface area contributed by atoms with E-state index < -0.39 is 0 Å². The number of nitrogens with zero attached hydrogens (tertiary/aromatic N) is 2. The van der Waals surface area contributed by atoms with Gasteiger partial charge < -0.3 is 0 Å². The molecule has 72 heavy (non-hydrogen) atoms. The van der Waals surface area contributed by atoms with Gasteiger partial charge in [-0.1, -0.05) is 333 Å². The van der Waals surface area contributed by atoms with Crippen LogP contribution in [0.3, 0.4) is 0 Å². The highest BCUT2D eigenvalue weighted by Crippen LogP contribution is 2.24. The van der Waals surface area contributed by atoms with Crippen molar-refractivity contribution in [1.29, 1.82) is 0 Å². The van der Waals surface area contributed by atoms with Gasteiger partial charge in [-0.15, -0.1) is 0 Å². The lowest BCUT2D eigenvalue weighted by atomic mass is 10.0. The van der Waals surface area contributed by atoms with E-state index in [9.17, 15) is 0 Å². The van der Waals surface area contributed by atoms with Crippen molar-refractivity contribution in [3.63, 3.8) is 0 Å². The lowest BCUT2D eigenvalue weighted by molar-refractivity contribution is 0.525. The van der Waals surface area contributed by atoms with Gasteiger partial charge in [-0.2, -0.15) is 0 Å². The van der Waals surface area contributed by atoms with E-state index in [2.05, 4.69) is 101 Å². The first-order chi connectivity index (χ1) is 35.7. The molecule has 2 aromatic carbocycles. The summed E-state index contributed by atoms with van der Waals surface area (Å²) in [5, 5.41) is 0. The molecular formula is C70H120N2. The second-order valence-corrected chi connectivity index (χ2v) is 22.3. The summed E-state index contributed by atoms with van der Waals surface area (Å²) in [5.74, 6) is 0. The van der Waals surface area contributed by atoms with Crippen LogP contribution in [0.15, 0.2) is 70.7 Å². The van der Waals surface area contributed by atoms with Crippen LogP contribution in [0, 0.1) is 0 Å². The molecule has 0 bridgehead atoms. The Bertz CT molecular complexity index is 1580. The van der Waals surface area contributed by atoms with Crippen molar-refractivity contribution in [2.75, 3.05) is 0 Å². The Morgan fingerprint density at radius 3 is 0.833 bits per heavy atom. The Labute approximate surface area is 450 Å². The van der Waals surface area contributed by atoms with Gasteiger partial charge in [0.15, 0.2) is 0 Å². The molecule has 0 N–H and O–H groups in total. The molecule has 0 aliphatic carbocycles. The molecule has 2 rings (SSSR count). The van der Waals surface area contributed by atoms with E-state index in [0.29, 0.717) is 0 Å². The van der Waals surface area contributed by atoms with Gasteiger partial charge in [0, 0.05) is 0 Å². The topological polar surface area (TPSA) is 24.7 Å². The van der Waals surface area contributed by atoms with Crippen molar-refractivity contribution in [1.82, 2.24) is 0 Å². The van der Waals surface area contributed by atoms with E-state index in [0.717, 1.165) is 49.9 Å². The maximum atomic E-state index is 5.43. The number of hydrogen-bond donors (Lipinski definition) is 0. The molecule has 0 unspecified atom stereocenters. The second-order valence-electron chi connectivity index (χ2n) is 22.3. The molecule has 2 nitrogen and oxygen atoms in total. The summed E-state index contributed by atoms with van der Waals surface area (Å²) in [6.07, 6.45) is 75.1. The highest BCUT2D eigenvalue weighted by molar-refractivity contribution is 6.43. The zero-order chi connectivity index (χ0) is 51.3. The lowest BCUT2D eigenvalue weighted by Gasteiger charge is -2.12. The van der Waals surface area contributed by atoms with Gasteiger partial charge in [0.25, 0.3) is 0 Å². The normalized spacial score (nSPS) is 12.4. The third-order valence-electron chi connectivity index (χ3n) is 15.2. The minimum Gasteiger partial charge on any atom is -0.252 e. The average Bonchev–Trinajstić information content (AvgIpc) is 3.39. The van der Waals surface area contributed by atoms with E-state index in [-0.39, 0.29) is 0 Å². The highest BCUT2D eigenvalue weighted by Gasteiger charge is 2.11. The molecule has 0 aromatic heterocycles. The Hall–Kier alpha value is -2.74. The van der Waals surface area contributed by atoms with Crippen LogP contribution in [0.4, 0.5) is 11.4 Å². The molecule has 0 radical (unpaired) electrons. The van der Waals surface area contributed by atoms with E-state index in [1.54, 1.807) is 0 Å². The molecule has 2 aromatic rings. The summed E-state index contributed by atoms with van der Waals surface area (Å²) in [6, 6.07) is 17.8. The van der Waals surface area contributed by atoms with Crippen LogP contribution in [0.25, 0.3) is 12.2 Å². The predicted molar refractivity (Wildman–Crippen MR) is 329 cm³/mol. The van der Waals surface area contributed by atoms with Crippen LogP contribution in [-0.2, 0) is 0 Å². The minimum absolute atomic E-state index is 0.976. The van der Waals surface area contributed by atoms with Crippen LogP contribution in [0.5, 0.6) is 0 Å². The molecule has 0 amide bonds. The summed E-state index contributed by atoms with van der Waals surface area (Å²) >= 11 is 0. The SMILES string of the molecule is CCCCCCCCCCCCCCCCCCCCC=Cc1cccc(N=C(CCCC)C(CCCCCCCC)=Nc2cccc(C=CCCCCCCCCCCCCCCCCCCCC)c2)c1. The molecule has 0 aliphatic rings. The molecule has 410 valence electrons. The summed E-state index contributed by atoms with van der Waals surface area (Å²) in [7, 11) is 0. The van der Waals surface area contributed by atoms with Crippen molar-refractivity contribution < 1.29 is 0 Å². The van der Waals surface area contributed by atoms with Crippen LogP contribution in [0.1, 0.15) is 347 Å². The minimum atomic E-state index is 0.976. The predicted octanol–water partition coefficient (Wildman–Crippen LogP) is 25.4. The van der Waals surface area contributed by atoms with E-state index in [4.69, 9.17) is 9.98 Å². The van der Waals surface area contributed by atoms with Gasteiger partial charge in [0.2, 0.25) is 0 Å². The smallest absolute Gasteiger partial charge is 0.0639 e. The molecule has 0 fully saturated rings. The summed E-state index contributed by atoms with van der Waals surface area (Å²) < 4.78 is 0. The third kappa shape index (κ3) is 40.6. The molecule has 0 heterocycles. The molecule has 0 atom stereocenters. The molecule has 0 aliphatic heterocycles. The van der Waals surface area contributed by atoms with Gasteiger partial charge in [0.05, 0.1) is 22.8 Å². The first kappa shape index (κ1) is 65.4. The Morgan fingerprint density at radius 2 is 0.542 bits per heavy atom. The zero-order valence-electron chi connectivity index (χ0n) is 48.8. The number of unbranched alkanes of at least 4 members (excludes halogenated alkanes) is 42. The first-order valence-corrected chi connectivity index (χ1v) is 32.4. The summed E-state index contributed by atoms with van der Waals surface area (Å²) in [6.45, 7) is 9.22. The fraction of sp³-hybridized carbons (Fsp3) is 0.743. The van der Waals surface area contributed by atoms with Crippen LogP contribution >= 0.6 is 0 Å². The van der Waals surface area contributed by atoms with Gasteiger partial charge >= 0.3 is 0 Å². The lowest BCUT2D eigenvalue weighted by Crippen LogP contribution is -2.14. The van der Waals surface area contributed by atoms with Gasteiger partial charge in [-0.05, 0) is 86.8 Å². The molecular weight excluding hydrogens is 869 g/mol.